The Bertz CT molecular complexity index is 1290. The molecule has 0 atom stereocenters. The summed E-state index contributed by atoms with van der Waals surface area (Å²) in [5.74, 6) is -0.806. The fourth-order valence-electron chi connectivity index (χ4n) is 4.16. The van der Waals surface area contributed by atoms with Crippen LogP contribution in [-0.2, 0) is 11.3 Å². The Kier molecular flexibility index (Phi) is 6.29. The number of nitrogens with one attached hydrogen (secondary N) is 1. The second kappa shape index (κ2) is 9.53. The highest BCUT2D eigenvalue weighted by molar-refractivity contribution is 7.16. The van der Waals surface area contributed by atoms with E-state index in [9.17, 15) is 9.90 Å². The maximum absolute atomic E-state index is 12.3. The van der Waals surface area contributed by atoms with Crippen LogP contribution in [-0.4, -0.2) is 69.0 Å². The number of hydrogen-bond donors (Lipinski definition) is 3. The van der Waals surface area contributed by atoms with Gasteiger partial charge in [-0.05, 0) is 42.6 Å². The number of primary amides is 1. The number of aliphatic hydroxyl groups excluding tert-OH is 1. The second-order valence-corrected chi connectivity index (χ2v) is 9.62. The van der Waals surface area contributed by atoms with Gasteiger partial charge in [0.2, 0.25) is 11.8 Å². The fraction of sp³-hybridized carbons (Fsp3) is 0.292. The minimum Gasteiger partial charge on any atom is -0.492 e. The monoisotopic (exact) mass is 492 g/mol. The van der Waals surface area contributed by atoms with Gasteiger partial charge in [0.05, 0.1) is 0 Å². The summed E-state index contributed by atoms with van der Waals surface area (Å²) in [5, 5.41) is 15.2. The first kappa shape index (κ1) is 23.1. The standard InChI is InChI=1S/C24H28N8O2S/c1-16-15-35-22-19(16)13-26-24(27-22)28-32-12-11-31(20(21(25)33)23(32)34)18-5-3-17(4-6-18)14-30-9-7-29(2)8-10-30/h3-6,11-13,15,34H,7-10,14H2,1-2H3,(H2,25,33)(H,26,27,28). The van der Waals surface area contributed by atoms with E-state index in [1.807, 2.05) is 36.6 Å². The highest BCUT2D eigenvalue weighted by Gasteiger charge is 2.28. The smallest absolute Gasteiger partial charge is 0.271 e. The maximum atomic E-state index is 12.3. The van der Waals surface area contributed by atoms with E-state index in [0.29, 0.717) is 5.95 Å². The molecular formula is C24H28N8O2S. The number of aryl methyl sites for hydroxylation is 1. The predicted octanol–water partition coefficient (Wildman–Crippen LogP) is 2.58. The Labute approximate surface area is 207 Å². The van der Waals surface area contributed by atoms with Gasteiger partial charge in [0.15, 0.2) is 5.70 Å². The van der Waals surface area contributed by atoms with E-state index in [0.717, 1.165) is 54.2 Å². The van der Waals surface area contributed by atoms with Gasteiger partial charge in [-0.3, -0.25) is 15.1 Å². The van der Waals surface area contributed by atoms with Crippen LogP contribution in [0.5, 0.6) is 0 Å². The van der Waals surface area contributed by atoms with Crippen LogP contribution >= 0.6 is 11.3 Å². The van der Waals surface area contributed by atoms with Crippen LogP contribution in [0.25, 0.3) is 10.2 Å². The van der Waals surface area contributed by atoms with Crippen molar-refractivity contribution in [3.05, 3.63) is 70.9 Å². The number of benzene rings is 1. The number of carbonyl (C=O) groups excluding carboxylic acids is 1. The Balaban J connectivity index is 1.32. The zero-order chi connectivity index (χ0) is 24.5. The molecule has 11 heteroatoms. The Morgan fingerprint density at radius 2 is 1.91 bits per heavy atom. The van der Waals surface area contributed by atoms with Crippen molar-refractivity contribution in [2.45, 2.75) is 13.5 Å². The number of hydrogen-bond acceptors (Lipinski definition) is 10. The van der Waals surface area contributed by atoms with Crippen LogP contribution in [0.2, 0.25) is 0 Å². The molecule has 0 unspecified atom stereocenters. The van der Waals surface area contributed by atoms with Gasteiger partial charge in [0.1, 0.15) is 4.83 Å². The largest absolute Gasteiger partial charge is 0.492 e. The molecule has 1 aromatic carbocycles. The van der Waals surface area contributed by atoms with E-state index in [1.165, 1.54) is 21.9 Å². The van der Waals surface area contributed by atoms with Crippen molar-refractivity contribution in [3.63, 3.8) is 0 Å². The SMILES string of the molecule is Cc1csc2nc(NN3C=CN(c4ccc(CN5CCN(C)CC5)cc4)C(C(N)=O)=C3O)ncc12. The van der Waals surface area contributed by atoms with Crippen molar-refractivity contribution < 1.29 is 9.90 Å². The molecule has 0 spiro atoms. The van der Waals surface area contributed by atoms with Crippen molar-refractivity contribution >= 4 is 39.1 Å². The van der Waals surface area contributed by atoms with Gasteiger partial charge in [0.25, 0.3) is 5.91 Å². The average Bonchev–Trinajstić information content (AvgIpc) is 3.22. The lowest BCUT2D eigenvalue weighted by atomic mass is 10.1. The number of anilines is 2. The predicted molar refractivity (Wildman–Crippen MR) is 137 cm³/mol. The summed E-state index contributed by atoms with van der Waals surface area (Å²) >= 11 is 1.52. The number of thiophene rings is 1. The van der Waals surface area contributed by atoms with E-state index in [1.54, 1.807) is 23.5 Å². The van der Waals surface area contributed by atoms with Gasteiger partial charge in [-0.25, -0.2) is 15.0 Å². The molecule has 1 saturated heterocycles. The van der Waals surface area contributed by atoms with Crippen molar-refractivity contribution in [3.8, 4) is 0 Å². The lowest BCUT2D eigenvalue weighted by Gasteiger charge is -2.33. The number of nitrogens with two attached hydrogens (primary N) is 1. The van der Waals surface area contributed by atoms with Crippen LogP contribution in [0.1, 0.15) is 11.1 Å². The summed E-state index contributed by atoms with van der Waals surface area (Å²) in [7, 11) is 2.14. The zero-order valence-electron chi connectivity index (χ0n) is 19.7. The summed E-state index contributed by atoms with van der Waals surface area (Å²) in [6, 6.07) is 7.91. The van der Waals surface area contributed by atoms with Crippen LogP contribution in [0, 0.1) is 6.92 Å². The first-order valence-electron chi connectivity index (χ1n) is 11.4. The van der Waals surface area contributed by atoms with Gasteiger partial charge >= 0.3 is 0 Å². The fourth-order valence-corrected chi connectivity index (χ4v) is 5.05. The van der Waals surface area contributed by atoms with Crippen LogP contribution in [0.3, 0.4) is 0 Å². The molecule has 4 N–H and O–H groups in total. The molecule has 0 saturated carbocycles. The van der Waals surface area contributed by atoms with E-state index in [4.69, 9.17) is 5.73 Å². The molecule has 0 aliphatic carbocycles. The highest BCUT2D eigenvalue weighted by atomic mass is 32.1. The molecule has 0 bridgehead atoms. The molecule has 0 radical (unpaired) electrons. The van der Waals surface area contributed by atoms with E-state index in [-0.39, 0.29) is 11.6 Å². The Morgan fingerprint density at radius 1 is 1.17 bits per heavy atom. The quantitative estimate of drug-likeness (QED) is 0.478. The first-order chi connectivity index (χ1) is 16.9. The lowest BCUT2D eigenvalue weighted by molar-refractivity contribution is -0.114. The van der Waals surface area contributed by atoms with Crippen LogP contribution in [0.15, 0.2) is 59.8 Å². The zero-order valence-corrected chi connectivity index (χ0v) is 20.5. The van der Waals surface area contributed by atoms with Gasteiger partial charge in [-0.1, -0.05) is 12.1 Å². The van der Waals surface area contributed by atoms with E-state index >= 15 is 0 Å². The minimum absolute atomic E-state index is 0.0557. The van der Waals surface area contributed by atoms with Crippen molar-refractivity contribution in [1.29, 1.82) is 0 Å². The topological polar surface area (TPSA) is 114 Å². The average molecular weight is 493 g/mol. The number of carbonyl (C=O) groups is 1. The summed E-state index contributed by atoms with van der Waals surface area (Å²) < 4.78 is 0. The van der Waals surface area contributed by atoms with Gasteiger partial charge in [-0.15, -0.1) is 11.3 Å². The van der Waals surface area contributed by atoms with Crippen molar-refractivity contribution in [2.24, 2.45) is 5.73 Å². The third-order valence-corrected chi connectivity index (χ3v) is 7.25. The molecule has 4 heterocycles. The maximum Gasteiger partial charge on any atom is 0.271 e. The number of amides is 1. The molecule has 3 aromatic rings. The molecule has 2 aromatic heterocycles. The highest BCUT2D eigenvalue weighted by Crippen LogP contribution is 2.28. The van der Waals surface area contributed by atoms with Gasteiger partial charge < -0.3 is 20.6 Å². The number of piperazine rings is 1. The molecule has 35 heavy (non-hydrogen) atoms. The van der Waals surface area contributed by atoms with Gasteiger partial charge in [0, 0.05) is 62.4 Å². The number of fused-ring (bicyclic) bond motifs is 1. The first-order valence-corrected chi connectivity index (χ1v) is 12.2. The Morgan fingerprint density at radius 3 is 2.63 bits per heavy atom. The summed E-state index contributed by atoms with van der Waals surface area (Å²) in [6.07, 6.45) is 4.99. The number of nitrogens with zero attached hydrogens (tertiary/aromatic N) is 6. The normalized spacial score (nSPS) is 17.4. The van der Waals surface area contributed by atoms with Crippen molar-refractivity contribution in [2.75, 3.05) is 43.6 Å². The number of likely N-dealkylation sites (N-methyl/N-ethyl adjacent to an activating group) is 1. The number of aliphatic hydroxyl groups is 1. The summed E-state index contributed by atoms with van der Waals surface area (Å²) in [5.41, 5.74) is 11.5. The molecular weight excluding hydrogens is 464 g/mol. The van der Waals surface area contributed by atoms with Crippen molar-refractivity contribution in [1.82, 2.24) is 24.8 Å². The Hall–Kier alpha value is -3.67. The molecule has 5 rings (SSSR count). The molecule has 182 valence electrons. The lowest BCUT2D eigenvalue weighted by Crippen LogP contribution is -2.43. The van der Waals surface area contributed by atoms with E-state index in [2.05, 4.69) is 32.2 Å². The van der Waals surface area contributed by atoms with Gasteiger partial charge in [-0.2, -0.15) is 0 Å². The molecule has 2 aliphatic rings. The molecule has 1 amide bonds. The van der Waals surface area contributed by atoms with E-state index < -0.39 is 5.91 Å². The molecule has 2 aliphatic heterocycles. The summed E-state index contributed by atoms with van der Waals surface area (Å²) in [4.78, 5) is 28.3. The third-order valence-electron chi connectivity index (χ3n) is 6.24. The molecule has 10 nitrogen and oxygen atoms in total. The second-order valence-electron chi connectivity index (χ2n) is 8.76. The molecule has 1 fully saturated rings. The van der Waals surface area contributed by atoms with Crippen LogP contribution < -0.4 is 16.1 Å². The number of aromatic nitrogens is 2. The third kappa shape index (κ3) is 4.78. The number of rotatable bonds is 6. The van der Waals surface area contributed by atoms with Crippen LogP contribution in [0.4, 0.5) is 11.6 Å². The number of hydrazine groups is 1. The summed E-state index contributed by atoms with van der Waals surface area (Å²) in [6.45, 7) is 7.10. The minimum atomic E-state index is -0.759.